The quantitative estimate of drug-likeness (QED) is 0.142. The van der Waals surface area contributed by atoms with Crippen LogP contribution in [0.5, 0.6) is 0 Å². The molecule has 0 heterocycles. The van der Waals surface area contributed by atoms with E-state index in [0.29, 0.717) is 0 Å². The molecule has 10 rings (SSSR count). The molecule has 0 aliphatic rings. The third-order valence-electron chi connectivity index (χ3n) is 11.3. The average Bonchev–Trinajstić information content (AvgIpc) is 3.33. The van der Waals surface area contributed by atoms with Crippen LogP contribution in [0, 0.1) is 0 Å². The van der Waals surface area contributed by atoms with Crippen LogP contribution < -0.4 is 4.90 Å². The summed E-state index contributed by atoms with van der Waals surface area (Å²) in [4.78, 5) is 2.40. The maximum absolute atomic E-state index is 2.40. The molecule has 0 amide bonds. The molecule has 0 aromatic heterocycles. The summed E-state index contributed by atoms with van der Waals surface area (Å²) in [6, 6.07) is 89.9. The van der Waals surface area contributed by atoms with Gasteiger partial charge in [-0.3, -0.25) is 0 Å². The number of hydrogen-bond acceptors (Lipinski definition) is 1. The number of rotatable bonds is 9. The Bertz CT molecular complexity index is 2820. The predicted molar refractivity (Wildman–Crippen MR) is 251 cm³/mol. The summed E-state index contributed by atoms with van der Waals surface area (Å²) < 4.78 is 0. The van der Waals surface area contributed by atoms with Crippen molar-refractivity contribution in [1.29, 1.82) is 0 Å². The first-order valence-corrected chi connectivity index (χ1v) is 20.3. The lowest BCUT2D eigenvalue weighted by atomic mass is 9.86. The topological polar surface area (TPSA) is 3.24 Å². The van der Waals surface area contributed by atoms with Crippen LogP contribution in [0.4, 0.5) is 17.1 Å². The summed E-state index contributed by atoms with van der Waals surface area (Å²) in [5.74, 6) is 0. The van der Waals surface area contributed by atoms with Gasteiger partial charge in [0.05, 0.1) is 0 Å². The minimum Gasteiger partial charge on any atom is -0.310 e. The summed E-state index contributed by atoms with van der Waals surface area (Å²) >= 11 is 0. The van der Waals surface area contributed by atoms with Crippen LogP contribution in [0.2, 0.25) is 0 Å². The second-order valence-electron chi connectivity index (χ2n) is 14.9. The van der Waals surface area contributed by atoms with Crippen molar-refractivity contribution in [1.82, 2.24) is 0 Å². The Kier molecular flexibility index (Phi) is 9.68. The lowest BCUT2D eigenvalue weighted by Crippen LogP contribution is -2.11. The van der Waals surface area contributed by atoms with Crippen molar-refractivity contribution in [3.8, 4) is 66.8 Å². The lowest BCUT2D eigenvalue weighted by Gasteiger charge is -2.29. The van der Waals surface area contributed by atoms with Crippen molar-refractivity contribution in [2.45, 2.75) is 0 Å². The van der Waals surface area contributed by atoms with Gasteiger partial charge >= 0.3 is 0 Å². The van der Waals surface area contributed by atoms with Crippen LogP contribution in [-0.4, -0.2) is 0 Å². The van der Waals surface area contributed by atoms with Crippen LogP contribution >= 0.6 is 0 Å². The first-order valence-electron chi connectivity index (χ1n) is 20.3. The molecule has 1 nitrogen and oxygen atoms in total. The standard InChI is InChI=1S/C58H41N/c1-5-16-42(17-6-1)44-32-36-51(37-33-44)59(52-38-34-45(35-39-52)43-18-7-2-8-19-43)53-40-56(47-20-9-3-10-21-47)58(57(41-53)48-22-11-4-12-23-48)50-30-28-49(29-31-50)55-27-15-25-46-24-13-14-26-54(46)55/h1-41H. The van der Waals surface area contributed by atoms with E-state index in [-0.39, 0.29) is 0 Å². The number of fused-ring (bicyclic) bond motifs is 1. The zero-order valence-electron chi connectivity index (χ0n) is 32.6. The second-order valence-corrected chi connectivity index (χ2v) is 14.9. The second kappa shape index (κ2) is 16.0. The van der Waals surface area contributed by atoms with Gasteiger partial charge in [0.25, 0.3) is 0 Å². The smallest absolute Gasteiger partial charge is 0.0474 e. The zero-order valence-corrected chi connectivity index (χ0v) is 32.6. The first-order chi connectivity index (χ1) is 29.3. The molecule has 0 aliphatic heterocycles. The molecule has 1 heteroatoms. The molecule has 0 spiro atoms. The van der Waals surface area contributed by atoms with Gasteiger partial charge < -0.3 is 4.90 Å². The highest BCUT2D eigenvalue weighted by Crippen LogP contribution is 2.47. The molecule has 0 fully saturated rings. The fourth-order valence-corrected chi connectivity index (χ4v) is 8.37. The highest BCUT2D eigenvalue weighted by molar-refractivity contribution is 6.00. The maximum atomic E-state index is 2.40. The van der Waals surface area contributed by atoms with Crippen molar-refractivity contribution in [2.24, 2.45) is 0 Å². The zero-order chi connectivity index (χ0) is 39.4. The van der Waals surface area contributed by atoms with E-state index in [1.165, 1.54) is 77.5 Å². The Morgan fingerprint density at radius 1 is 0.220 bits per heavy atom. The van der Waals surface area contributed by atoms with Gasteiger partial charge in [0, 0.05) is 17.1 Å². The van der Waals surface area contributed by atoms with Gasteiger partial charge in [0.2, 0.25) is 0 Å². The van der Waals surface area contributed by atoms with Crippen LogP contribution in [0.25, 0.3) is 77.5 Å². The molecule has 0 N–H and O–H groups in total. The van der Waals surface area contributed by atoms with E-state index in [1.54, 1.807) is 0 Å². The molecule has 0 aliphatic carbocycles. The molecular weight excluding hydrogens is 711 g/mol. The van der Waals surface area contributed by atoms with Gasteiger partial charge in [-0.2, -0.15) is 0 Å². The molecule has 10 aromatic rings. The number of hydrogen-bond donors (Lipinski definition) is 0. The third-order valence-corrected chi connectivity index (χ3v) is 11.3. The Hall–Kier alpha value is -7.74. The minimum absolute atomic E-state index is 1.08. The normalized spacial score (nSPS) is 11.1. The summed E-state index contributed by atoms with van der Waals surface area (Å²) in [5.41, 5.74) is 17.5. The summed E-state index contributed by atoms with van der Waals surface area (Å²) in [6.45, 7) is 0. The SMILES string of the molecule is c1ccc(-c2ccc(N(c3ccc(-c4ccccc4)cc3)c3cc(-c4ccccc4)c(-c4ccc(-c5cccc6ccccc56)cc4)c(-c4ccccc4)c3)cc2)cc1. The molecule has 0 bridgehead atoms. The molecule has 10 aromatic carbocycles. The molecule has 59 heavy (non-hydrogen) atoms. The molecule has 0 atom stereocenters. The molecule has 0 saturated heterocycles. The van der Waals surface area contributed by atoms with Crippen molar-refractivity contribution in [3.63, 3.8) is 0 Å². The predicted octanol–water partition coefficient (Wildman–Crippen LogP) is 16.3. The summed E-state index contributed by atoms with van der Waals surface area (Å²) in [7, 11) is 0. The number of benzene rings is 10. The molecule has 0 radical (unpaired) electrons. The third kappa shape index (κ3) is 7.23. The van der Waals surface area contributed by atoms with E-state index in [4.69, 9.17) is 0 Å². The van der Waals surface area contributed by atoms with Gasteiger partial charge in [-0.25, -0.2) is 0 Å². The van der Waals surface area contributed by atoms with E-state index in [1.807, 2.05) is 0 Å². The Morgan fingerprint density at radius 2 is 0.576 bits per heavy atom. The highest BCUT2D eigenvalue weighted by atomic mass is 15.1. The number of nitrogens with zero attached hydrogens (tertiary/aromatic N) is 1. The van der Waals surface area contributed by atoms with Gasteiger partial charge in [0.15, 0.2) is 0 Å². The van der Waals surface area contributed by atoms with Crippen molar-refractivity contribution in [2.75, 3.05) is 4.90 Å². The van der Waals surface area contributed by atoms with E-state index in [9.17, 15) is 0 Å². The fourth-order valence-electron chi connectivity index (χ4n) is 8.37. The Balaban J connectivity index is 1.17. The first kappa shape index (κ1) is 35.7. The van der Waals surface area contributed by atoms with E-state index < -0.39 is 0 Å². The van der Waals surface area contributed by atoms with Gasteiger partial charge in [-0.05, 0) is 114 Å². The molecule has 0 unspecified atom stereocenters. The van der Waals surface area contributed by atoms with Crippen LogP contribution in [0.15, 0.2) is 249 Å². The molecular formula is C58H41N. The highest BCUT2D eigenvalue weighted by Gasteiger charge is 2.21. The van der Waals surface area contributed by atoms with E-state index >= 15 is 0 Å². The van der Waals surface area contributed by atoms with Crippen molar-refractivity contribution >= 4 is 27.8 Å². The summed E-state index contributed by atoms with van der Waals surface area (Å²) in [6.07, 6.45) is 0. The Labute approximate surface area is 346 Å². The average molecular weight is 752 g/mol. The number of anilines is 3. The monoisotopic (exact) mass is 751 g/mol. The van der Waals surface area contributed by atoms with Crippen LogP contribution in [-0.2, 0) is 0 Å². The van der Waals surface area contributed by atoms with Crippen molar-refractivity contribution < 1.29 is 0 Å². The molecule has 0 saturated carbocycles. The van der Waals surface area contributed by atoms with Crippen molar-refractivity contribution in [3.05, 3.63) is 249 Å². The fraction of sp³-hybridized carbons (Fsp3) is 0. The largest absolute Gasteiger partial charge is 0.310 e. The van der Waals surface area contributed by atoms with Crippen LogP contribution in [0.3, 0.4) is 0 Å². The summed E-state index contributed by atoms with van der Waals surface area (Å²) in [5, 5.41) is 2.51. The van der Waals surface area contributed by atoms with Gasteiger partial charge in [-0.1, -0.05) is 212 Å². The lowest BCUT2D eigenvalue weighted by molar-refractivity contribution is 1.28. The van der Waals surface area contributed by atoms with Gasteiger partial charge in [-0.15, -0.1) is 0 Å². The molecule has 278 valence electrons. The Morgan fingerprint density at radius 3 is 1.07 bits per heavy atom. The van der Waals surface area contributed by atoms with E-state index in [0.717, 1.165) is 17.1 Å². The van der Waals surface area contributed by atoms with Gasteiger partial charge in [0.1, 0.15) is 0 Å². The van der Waals surface area contributed by atoms with E-state index in [2.05, 4.69) is 254 Å². The van der Waals surface area contributed by atoms with Crippen LogP contribution in [0.1, 0.15) is 0 Å². The minimum atomic E-state index is 1.08. The maximum Gasteiger partial charge on any atom is 0.0474 e.